The van der Waals surface area contributed by atoms with Gasteiger partial charge in [0.2, 0.25) is 11.9 Å². The third-order valence-electron chi connectivity index (χ3n) is 5.91. The van der Waals surface area contributed by atoms with Crippen LogP contribution in [0, 0.1) is 11.8 Å². The van der Waals surface area contributed by atoms with Crippen molar-refractivity contribution in [2.45, 2.75) is 56.8 Å². The SMILES string of the molecule is NC1=NC(CC2CCC2)(c2cccc(C(F)(F)F)n2)NC(NCC2CCC2)=N1. The molecular weight excluding hydrogens is 369 g/mol. The second-order valence-corrected chi connectivity index (χ2v) is 8.00. The summed E-state index contributed by atoms with van der Waals surface area (Å²) < 4.78 is 39.7. The summed E-state index contributed by atoms with van der Waals surface area (Å²) in [6.07, 6.45) is 2.77. The van der Waals surface area contributed by atoms with E-state index in [0.29, 0.717) is 24.2 Å². The van der Waals surface area contributed by atoms with E-state index in [1.807, 2.05) is 0 Å². The monoisotopic (exact) mass is 394 g/mol. The van der Waals surface area contributed by atoms with E-state index in [1.165, 1.54) is 25.3 Å². The number of nitrogens with one attached hydrogen (secondary N) is 2. The van der Waals surface area contributed by atoms with Crippen LogP contribution < -0.4 is 16.4 Å². The highest BCUT2D eigenvalue weighted by Gasteiger charge is 2.42. The minimum absolute atomic E-state index is 0.0494. The van der Waals surface area contributed by atoms with Gasteiger partial charge in [0, 0.05) is 6.54 Å². The predicted molar refractivity (Wildman–Crippen MR) is 100 cm³/mol. The summed E-state index contributed by atoms with van der Waals surface area (Å²) in [5.41, 5.74) is 4.13. The largest absolute Gasteiger partial charge is 0.433 e. The van der Waals surface area contributed by atoms with Crippen LogP contribution in [0.5, 0.6) is 0 Å². The Morgan fingerprint density at radius 1 is 1.14 bits per heavy atom. The quantitative estimate of drug-likeness (QED) is 0.716. The molecule has 0 aromatic carbocycles. The maximum absolute atomic E-state index is 13.2. The van der Waals surface area contributed by atoms with Crippen LogP contribution in [-0.2, 0) is 11.8 Å². The van der Waals surface area contributed by atoms with Crippen LogP contribution in [0.3, 0.4) is 0 Å². The van der Waals surface area contributed by atoms with Gasteiger partial charge < -0.3 is 16.4 Å². The smallest absolute Gasteiger partial charge is 0.368 e. The van der Waals surface area contributed by atoms with E-state index in [-0.39, 0.29) is 11.7 Å². The number of hydrogen-bond acceptors (Lipinski definition) is 6. The standard InChI is InChI=1S/C19H25F3N6/c20-19(21,22)15-9-3-8-14(25-15)18(10-12-4-1-5-12)27-16(23)26-17(28-18)24-11-13-6-2-7-13/h3,8-9,12-13H,1-2,4-7,10-11H2,(H4,23,24,26,27,28). The fourth-order valence-corrected chi connectivity index (χ4v) is 3.87. The van der Waals surface area contributed by atoms with E-state index >= 15 is 0 Å². The highest BCUT2D eigenvalue weighted by molar-refractivity contribution is 5.96. The second kappa shape index (κ2) is 7.25. The van der Waals surface area contributed by atoms with Crippen LogP contribution >= 0.6 is 0 Å². The molecule has 9 heteroatoms. The zero-order chi connectivity index (χ0) is 19.8. The first kappa shape index (κ1) is 19.0. The van der Waals surface area contributed by atoms with Gasteiger partial charge in [-0.25, -0.2) is 9.98 Å². The Bertz CT molecular complexity index is 782. The number of aliphatic imine (C=N–C) groups is 2. The first-order valence-electron chi connectivity index (χ1n) is 9.85. The van der Waals surface area contributed by atoms with Gasteiger partial charge >= 0.3 is 6.18 Å². The van der Waals surface area contributed by atoms with Crippen LogP contribution in [0.1, 0.15) is 56.3 Å². The van der Waals surface area contributed by atoms with Gasteiger partial charge in [-0.05, 0) is 43.2 Å². The Kier molecular flexibility index (Phi) is 4.93. The number of alkyl halides is 3. The van der Waals surface area contributed by atoms with Gasteiger partial charge in [-0.2, -0.15) is 18.2 Å². The molecule has 2 aliphatic carbocycles. The van der Waals surface area contributed by atoms with Crippen LogP contribution in [0.2, 0.25) is 0 Å². The molecule has 1 atom stereocenters. The number of pyridine rings is 1. The minimum Gasteiger partial charge on any atom is -0.368 e. The van der Waals surface area contributed by atoms with E-state index in [1.54, 1.807) is 6.07 Å². The van der Waals surface area contributed by atoms with Gasteiger partial charge in [0.1, 0.15) is 5.69 Å². The number of hydrogen-bond donors (Lipinski definition) is 3. The topological polar surface area (TPSA) is 87.7 Å². The van der Waals surface area contributed by atoms with Crippen molar-refractivity contribution in [2.24, 2.45) is 27.6 Å². The summed E-state index contributed by atoms with van der Waals surface area (Å²) in [6.45, 7) is 0.759. The zero-order valence-corrected chi connectivity index (χ0v) is 15.6. The van der Waals surface area contributed by atoms with Crippen molar-refractivity contribution >= 4 is 11.9 Å². The molecule has 152 valence electrons. The maximum atomic E-state index is 13.2. The van der Waals surface area contributed by atoms with Crippen molar-refractivity contribution < 1.29 is 13.2 Å². The molecule has 6 nitrogen and oxygen atoms in total. The van der Waals surface area contributed by atoms with E-state index < -0.39 is 17.5 Å². The lowest BCUT2D eigenvalue weighted by Gasteiger charge is -2.40. The van der Waals surface area contributed by atoms with E-state index in [9.17, 15) is 13.2 Å². The highest BCUT2D eigenvalue weighted by Crippen LogP contribution is 2.40. The third kappa shape index (κ3) is 3.93. The lowest BCUT2D eigenvalue weighted by molar-refractivity contribution is -0.141. The molecule has 1 aromatic rings. The van der Waals surface area contributed by atoms with Crippen LogP contribution in [0.4, 0.5) is 13.2 Å². The van der Waals surface area contributed by atoms with Gasteiger partial charge in [0.05, 0.1) is 5.69 Å². The van der Waals surface area contributed by atoms with Crippen molar-refractivity contribution in [2.75, 3.05) is 6.54 Å². The van der Waals surface area contributed by atoms with Crippen molar-refractivity contribution in [3.05, 3.63) is 29.6 Å². The van der Waals surface area contributed by atoms with Crippen LogP contribution in [0.25, 0.3) is 0 Å². The molecule has 0 spiro atoms. The number of halogens is 3. The Morgan fingerprint density at radius 3 is 2.46 bits per heavy atom. The third-order valence-corrected chi connectivity index (χ3v) is 5.91. The average Bonchev–Trinajstić information content (AvgIpc) is 2.56. The molecule has 28 heavy (non-hydrogen) atoms. The Morgan fingerprint density at radius 2 is 1.86 bits per heavy atom. The molecule has 1 aromatic heterocycles. The Hall–Kier alpha value is -2.32. The molecule has 4 N–H and O–H groups in total. The fourth-order valence-electron chi connectivity index (χ4n) is 3.87. The molecule has 3 aliphatic rings. The molecule has 1 aliphatic heterocycles. The summed E-state index contributed by atoms with van der Waals surface area (Å²) in [5.74, 6) is 1.47. The molecule has 0 radical (unpaired) electrons. The molecule has 0 bridgehead atoms. The first-order chi connectivity index (χ1) is 13.3. The number of guanidine groups is 2. The molecule has 2 saturated carbocycles. The maximum Gasteiger partial charge on any atom is 0.433 e. The van der Waals surface area contributed by atoms with Crippen LogP contribution in [0.15, 0.2) is 28.2 Å². The van der Waals surface area contributed by atoms with Gasteiger partial charge in [0.15, 0.2) is 5.66 Å². The summed E-state index contributed by atoms with van der Waals surface area (Å²) in [4.78, 5) is 12.6. The number of rotatable bonds is 5. The van der Waals surface area contributed by atoms with Crippen molar-refractivity contribution in [1.82, 2.24) is 15.6 Å². The molecule has 0 amide bonds. The summed E-state index contributed by atoms with van der Waals surface area (Å²) >= 11 is 0. The van der Waals surface area contributed by atoms with Crippen LogP contribution in [-0.4, -0.2) is 23.4 Å². The summed E-state index contributed by atoms with van der Waals surface area (Å²) in [6, 6.07) is 3.92. The van der Waals surface area contributed by atoms with Gasteiger partial charge in [0.25, 0.3) is 0 Å². The first-order valence-corrected chi connectivity index (χ1v) is 9.85. The van der Waals surface area contributed by atoms with Gasteiger partial charge in [-0.1, -0.05) is 31.7 Å². The number of nitrogens with zero attached hydrogens (tertiary/aromatic N) is 3. The summed E-state index contributed by atoms with van der Waals surface area (Å²) in [5, 5.41) is 6.50. The number of aromatic nitrogens is 1. The highest BCUT2D eigenvalue weighted by atomic mass is 19.4. The minimum atomic E-state index is -4.52. The number of nitrogens with two attached hydrogens (primary N) is 1. The molecule has 2 heterocycles. The summed E-state index contributed by atoms with van der Waals surface area (Å²) in [7, 11) is 0. The molecular formula is C19H25F3N6. The van der Waals surface area contributed by atoms with Crippen molar-refractivity contribution in [3.63, 3.8) is 0 Å². The lowest BCUT2D eigenvalue weighted by atomic mass is 9.78. The van der Waals surface area contributed by atoms with Gasteiger partial charge in [-0.3, -0.25) is 0 Å². The zero-order valence-electron chi connectivity index (χ0n) is 15.6. The molecule has 0 saturated heterocycles. The van der Waals surface area contributed by atoms with Crippen molar-refractivity contribution in [3.8, 4) is 0 Å². The van der Waals surface area contributed by atoms with Gasteiger partial charge in [-0.15, -0.1) is 0 Å². The van der Waals surface area contributed by atoms with E-state index in [2.05, 4.69) is 25.6 Å². The molecule has 1 unspecified atom stereocenters. The second-order valence-electron chi connectivity index (χ2n) is 8.00. The predicted octanol–water partition coefficient (Wildman–Crippen LogP) is 3.11. The lowest BCUT2D eigenvalue weighted by Crippen LogP contribution is -2.56. The average molecular weight is 394 g/mol. The fraction of sp³-hybridized carbons (Fsp3) is 0.632. The van der Waals surface area contributed by atoms with Crippen molar-refractivity contribution in [1.29, 1.82) is 0 Å². The molecule has 2 fully saturated rings. The molecule has 4 rings (SSSR count). The Labute approximate surface area is 161 Å². The van der Waals surface area contributed by atoms with E-state index in [0.717, 1.165) is 31.9 Å². The normalized spacial score (nSPS) is 25.8. The Balaban J connectivity index is 1.63. The van der Waals surface area contributed by atoms with E-state index in [4.69, 9.17) is 5.73 Å².